The average molecular weight is 386 g/mol. The third-order valence-corrected chi connectivity index (χ3v) is 4.76. The highest BCUT2D eigenvalue weighted by Gasteiger charge is 2.39. The molecule has 0 aliphatic carbocycles. The van der Waals surface area contributed by atoms with Crippen molar-refractivity contribution in [3.63, 3.8) is 0 Å². The lowest BCUT2D eigenvalue weighted by atomic mass is 10.1. The minimum absolute atomic E-state index is 0.230. The van der Waals surface area contributed by atoms with Crippen LogP contribution in [0, 0.1) is 0 Å². The summed E-state index contributed by atoms with van der Waals surface area (Å²) in [5.74, 6) is -0.261. The van der Waals surface area contributed by atoms with E-state index in [9.17, 15) is 4.79 Å². The Balaban J connectivity index is 1.49. The largest absolute Gasteiger partial charge is 0.391 e. The van der Waals surface area contributed by atoms with Crippen molar-refractivity contribution in [2.24, 2.45) is 5.16 Å². The van der Waals surface area contributed by atoms with Crippen molar-refractivity contribution < 1.29 is 14.5 Å². The first kappa shape index (κ1) is 18.9. The van der Waals surface area contributed by atoms with Gasteiger partial charge in [-0.2, -0.15) is 0 Å². The summed E-state index contributed by atoms with van der Waals surface area (Å²) in [6.45, 7) is 0.632. The fourth-order valence-corrected chi connectivity index (χ4v) is 3.25. The molecule has 1 aliphatic heterocycles. The van der Waals surface area contributed by atoms with Crippen LogP contribution in [0.5, 0.6) is 0 Å². The highest BCUT2D eigenvalue weighted by atomic mass is 16.7. The molecule has 29 heavy (non-hydrogen) atoms. The number of hydroxylamine groups is 2. The van der Waals surface area contributed by atoms with E-state index in [4.69, 9.17) is 9.68 Å². The fourth-order valence-electron chi connectivity index (χ4n) is 3.25. The third kappa shape index (κ3) is 4.70. The summed E-state index contributed by atoms with van der Waals surface area (Å²) in [4.78, 5) is 24.3. The first-order valence-corrected chi connectivity index (χ1v) is 9.59. The molecule has 4 rings (SSSR count). The maximum absolute atomic E-state index is 12.9. The molecule has 0 spiro atoms. The van der Waals surface area contributed by atoms with E-state index in [2.05, 4.69) is 5.16 Å². The van der Waals surface area contributed by atoms with E-state index in [-0.39, 0.29) is 11.9 Å². The van der Waals surface area contributed by atoms with E-state index in [1.807, 2.05) is 91.0 Å². The van der Waals surface area contributed by atoms with E-state index in [0.717, 1.165) is 16.7 Å². The van der Waals surface area contributed by atoms with Crippen LogP contribution in [-0.4, -0.2) is 16.7 Å². The number of carbonyl (C=O) groups excluding carboxylic acids is 1. The zero-order chi connectivity index (χ0) is 19.9. The van der Waals surface area contributed by atoms with Gasteiger partial charge in [0.2, 0.25) is 0 Å². The number of nitrogens with zero attached hydrogens (tertiary/aromatic N) is 2. The standard InChI is InChI=1S/C24H22N2O3/c27-24-22(25-28-17-19-10-4-1-5-11-19)16-23(21-14-8-3-9-15-21)26(24)29-18-20-12-6-2-7-13-20/h1-15,23H,16-18H2/b25-22-. The molecule has 146 valence electrons. The molecule has 0 bridgehead atoms. The Morgan fingerprint density at radius 2 is 1.34 bits per heavy atom. The molecular weight excluding hydrogens is 364 g/mol. The number of rotatable bonds is 7. The quantitative estimate of drug-likeness (QED) is 0.555. The molecule has 1 saturated heterocycles. The van der Waals surface area contributed by atoms with Gasteiger partial charge in [-0.25, -0.2) is 5.06 Å². The van der Waals surface area contributed by atoms with Gasteiger partial charge in [0.15, 0.2) is 0 Å². The monoisotopic (exact) mass is 386 g/mol. The van der Waals surface area contributed by atoms with Gasteiger partial charge in [-0.15, -0.1) is 0 Å². The molecular formula is C24H22N2O3. The average Bonchev–Trinajstić information content (AvgIpc) is 3.10. The first-order valence-electron chi connectivity index (χ1n) is 9.59. The molecule has 3 aromatic rings. The van der Waals surface area contributed by atoms with Gasteiger partial charge in [-0.3, -0.25) is 9.63 Å². The second kappa shape index (κ2) is 9.17. The molecule has 1 amide bonds. The Morgan fingerprint density at radius 1 is 0.793 bits per heavy atom. The number of benzene rings is 3. The molecule has 5 heteroatoms. The van der Waals surface area contributed by atoms with Crippen molar-refractivity contribution in [2.75, 3.05) is 0 Å². The second-order valence-electron chi connectivity index (χ2n) is 6.82. The van der Waals surface area contributed by atoms with Crippen LogP contribution in [0.25, 0.3) is 0 Å². The van der Waals surface area contributed by atoms with Crippen LogP contribution in [0.1, 0.15) is 29.2 Å². The molecule has 0 saturated carbocycles. The van der Waals surface area contributed by atoms with Gasteiger partial charge in [0.05, 0.1) is 6.04 Å². The van der Waals surface area contributed by atoms with Crippen LogP contribution in [0.15, 0.2) is 96.2 Å². The SMILES string of the molecule is O=C1/C(=N\OCc2ccccc2)CC(c2ccccc2)N1OCc1ccccc1. The Labute approximate surface area is 170 Å². The molecule has 3 aromatic carbocycles. The van der Waals surface area contributed by atoms with Crippen LogP contribution in [0.3, 0.4) is 0 Å². The smallest absolute Gasteiger partial charge is 0.295 e. The van der Waals surface area contributed by atoms with Gasteiger partial charge in [-0.1, -0.05) is 96.2 Å². The van der Waals surface area contributed by atoms with Gasteiger partial charge in [0.1, 0.15) is 18.9 Å². The Bertz CT molecular complexity index is 959. The Morgan fingerprint density at radius 3 is 1.97 bits per heavy atom. The zero-order valence-corrected chi connectivity index (χ0v) is 16.0. The molecule has 1 atom stereocenters. The van der Waals surface area contributed by atoms with Crippen molar-refractivity contribution in [3.05, 3.63) is 108 Å². The Hall–Kier alpha value is -3.44. The predicted molar refractivity (Wildman–Crippen MR) is 111 cm³/mol. The summed E-state index contributed by atoms with van der Waals surface area (Å²) in [6.07, 6.45) is 0.437. The molecule has 0 aromatic heterocycles. The minimum atomic E-state index is -0.261. The normalized spacial score (nSPS) is 17.7. The molecule has 5 nitrogen and oxygen atoms in total. The van der Waals surface area contributed by atoms with Crippen LogP contribution in [0.4, 0.5) is 0 Å². The summed E-state index contributed by atoms with van der Waals surface area (Å²) in [5.41, 5.74) is 3.36. The third-order valence-electron chi connectivity index (χ3n) is 4.76. The van der Waals surface area contributed by atoms with Crippen molar-refractivity contribution in [1.29, 1.82) is 0 Å². The Kier molecular flexibility index (Phi) is 5.98. The van der Waals surface area contributed by atoms with Gasteiger partial charge < -0.3 is 4.84 Å². The lowest BCUT2D eigenvalue weighted by molar-refractivity contribution is -0.193. The van der Waals surface area contributed by atoms with E-state index in [1.54, 1.807) is 0 Å². The van der Waals surface area contributed by atoms with E-state index in [1.165, 1.54) is 5.06 Å². The molecule has 1 unspecified atom stereocenters. The lowest BCUT2D eigenvalue weighted by Crippen LogP contribution is -2.30. The van der Waals surface area contributed by atoms with Crippen molar-refractivity contribution in [3.8, 4) is 0 Å². The number of hydrogen-bond donors (Lipinski definition) is 0. The van der Waals surface area contributed by atoms with Gasteiger partial charge in [0.25, 0.3) is 5.91 Å². The fraction of sp³-hybridized carbons (Fsp3) is 0.167. The molecule has 0 radical (unpaired) electrons. The van der Waals surface area contributed by atoms with Crippen LogP contribution in [-0.2, 0) is 27.7 Å². The number of carbonyl (C=O) groups is 1. The number of amides is 1. The van der Waals surface area contributed by atoms with Crippen molar-refractivity contribution in [1.82, 2.24) is 5.06 Å². The van der Waals surface area contributed by atoms with Gasteiger partial charge >= 0.3 is 0 Å². The van der Waals surface area contributed by atoms with Crippen molar-refractivity contribution in [2.45, 2.75) is 25.7 Å². The predicted octanol–water partition coefficient (Wildman–Crippen LogP) is 4.66. The number of oxime groups is 1. The molecule has 1 aliphatic rings. The first-order chi connectivity index (χ1) is 14.3. The van der Waals surface area contributed by atoms with Crippen LogP contribution < -0.4 is 0 Å². The summed E-state index contributed by atoms with van der Waals surface area (Å²) < 4.78 is 0. The van der Waals surface area contributed by atoms with Gasteiger partial charge in [0, 0.05) is 6.42 Å². The summed E-state index contributed by atoms with van der Waals surface area (Å²) in [7, 11) is 0. The van der Waals surface area contributed by atoms with Crippen molar-refractivity contribution >= 4 is 11.6 Å². The second-order valence-corrected chi connectivity index (χ2v) is 6.82. The maximum Gasteiger partial charge on any atom is 0.295 e. The topological polar surface area (TPSA) is 51.1 Å². The molecule has 1 heterocycles. The highest BCUT2D eigenvalue weighted by Crippen LogP contribution is 2.32. The number of hydrogen-bond acceptors (Lipinski definition) is 4. The van der Waals surface area contributed by atoms with E-state index in [0.29, 0.717) is 25.3 Å². The molecule has 0 N–H and O–H groups in total. The van der Waals surface area contributed by atoms with E-state index >= 15 is 0 Å². The lowest BCUT2D eigenvalue weighted by Gasteiger charge is -2.23. The zero-order valence-electron chi connectivity index (χ0n) is 16.0. The molecule has 1 fully saturated rings. The van der Waals surface area contributed by atoms with E-state index < -0.39 is 0 Å². The van der Waals surface area contributed by atoms with Gasteiger partial charge in [-0.05, 0) is 16.7 Å². The summed E-state index contributed by atoms with van der Waals surface area (Å²) in [5, 5.41) is 5.55. The maximum atomic E-state index is 12.9. The van der Waals surface area contributed by atoms with Crippen LogP contribution in [0.2, 0.25) is 0 Å². The summed E-state index contributed by atoms with van der Waals surface area (Å²) >= 11 is 0. The van der Waals surface area contributed by atoms with Crippen LogP contribution >= 0.6 is 0 Å². The minimum Gasteiger partial charge on any atom is -0.391 e. The highest BCUT2D eigenvalue weighted by molar-refractivity contribution is 6.40. The summed E-state index contributed by atoms with van der Waals surface area (Å²) in [6, 6.07) is 29.1.